The van der Waals surface area contributed by atoms with Crippen LogP contribution in [0.3, 0.4) is 0 Å². The number of nitrogens with zero attached hydrogens (tertiary/aromatic N) is 4. The second kappa shape index (κ2) is 8.57. The van der Waals surface area contributed by atoms with E-state index in [4.69, 9.17) is 10.5 Å². The van der Waals surface area contributed by atoms with Crippen LogP contribution in [0.1, 0.15) is 25.5 Å². The van der Waals surface area contributed by atoms with Gasteiger partial charge in [0.2, 0.25) is 11.9 Å². The van der Waals surface area contributed by atoms with Gasteiger partial charge in [-0.15, -0.1) is 10.2 Å². The SMILES string of the molecule is CCOC(=O)CSc1nnc(N)n1C(C)C(=O)Nc1nc2ccc(C)cc2s1. The van der Waals surface area contributed by atoms with Crippen molar-refractivity contribution in [2.24, 2.45) is 0 Å². The topological polar surface area (TPSA) is 125 Å². The molecule has 11 heteroatoms. The van der Waals surface area contributed by atoms with Crippen molar-refractivity contribution >= 4 is 56.3 Å². The number of carbonyl (C=O) groups excluding carboxylic acids is 2. The van der Waals surface area contributed by atoms with Crippen molar-refractivity contribution in [2.75, 3.05) is 23.4 Å². The molecule has 0 saturated heterocycles. The lowest BCUT2D eigenvalue weighted by Crippen LogP contribution is -2.25. The van der Waals surface area contributed by atoms with Crippen LogP contribution in [0.15, 0.2) is 23.4 Å². The number of esters is 1. The fraction of sp³-hybridized carbons (Fsp3) is 0.353. The van der Waals surface area contributed by atoms with Gasteiger partial charge in [-0.3, -0.25) is 14.2 Å². The summed E-state index contributed by atoms with van der Waals surface area (Å²) in [4.78, 5) is 28.7. The number of rotatable bonds is 7. The van der Waals surface area contributed by atoms with E-state index in [0.29, 0.717) is 16.9 Å². The second-order valence-electron chi connectivity index (χ2n) is 5.96. The van der Waals surface area contributed by atoms with Crippen LogP contribution in [-0.2, 0) is 14.3 Å². The van der Waals surface area contributed by atoms with Crippen molar-refractivity contribution in [1.82, 2.24) is 19.7 Å². The number of thioether (sulfide) groups is 1. The number of hydrogen-bond donors (Lipinski definition) is 2. The first kappa shape index (κ1) is 20.1. The number of ether oxygens (including phenoxy) is 1. The molecular weight excluding hydrogens is 400 g/mol. The molecule has 0 saturated carbocycles. The number of nitrogen functional groups attached to an aromatic ring is 1. The van der Waals surface area contributed by atoms with Crippen LogP contribution >= 0.6 is 23.1 Å². The number of fused-ring (bicyclic) bond motifs is 1. The summed E-state index contributed by atoms with van der Waals surface area (Å²) in [5, 5.41) is 11.5. The number of aromatic nitrogens is 4. The highest BCUT2D eigenvalue weighted by Crippen LogP contribution is 2.28. The van der Waals surface area contributed by atoms with Gasteiger partial charge in [0.05, 0.1) is 22.6 Å². The molecule has 3 rings (SSSR count). The van der Waals surface area contributed by atoms with Crippen molar-refractivity contribution in [3.05, 3.63) is 23.8 Å². The molecule has 0 spiro atoms. The largest absolute Gasteiger partial charge is 0.465 e. The fourth-order valence-electron chi connectivity index (χ4n) is 2.49. The number of carbonyl (C=O) groups is 2. The quantitative estimate of drug-likeness (QED) is 0.441. The number of thiazole rings is 1. The number of anilines is 2. The summed E-state index contributed by atoms with van der Waals surface area (Å²) < 4.78 is 7.38. The Hall–Kier alpha value is -2.66. The Kier molecular flexibility index (Phi) is 6.15. The third-order valence-electron chi connectivity index (χ3n) is 3.86. The molecule has 0 aliphatic carbocycles. The average molecular weight is 421 g/mol. The van der Waals surface area contributed by atoms with Crippen LogP contribution < -0.4 is 11.1 Å². The zero-order chi connectivity index (χ0) is 20.3. The Balaban J connectivity index is 1.73. The molecule has 1 unspecified atom stereocenters. The summed E-state index contributed by atoms with van der Waals surface area (Å²) in [6.45, 7) is 5.72. The summed E-state index contributed by atoms with van der Waals surface area (Å²) in [6, 6.07) is 5.23. The summed E-state index contributed by atoms with van der Waals surface area (Å²) in [6.07, 6.45) is 0. The smallest absolute Gasteiger partial charge is 0.316 e. The van der Waals surface area contributed by atoms with E-state index in [1.165, 1.54) is 15.9 Å². The molecule has 0 fully saturated rings. The van der Waals surface area contributed by atoms with E-state index in [2.05, 4.69) is 20.5 Å². The van der Waals surface area contributed by atoms with E-state index in [1.54, 1.807) is 13.8 Å². The standard InChI is InChI=1S/C17H20N6O3S2/c1-4-26-13(24)8-27-17-22-21-15(18)23(17)10(3)14(25)20-16-19-11-6-5-9(2)7-12(11)28-16/h5-7,10H,4,8H2,1-3H3,(H2,18,21)(H,19,20,25). The van der Waals surface area contributed by atoms with Gasteiger partial charge in [-0.1, -0.05) is 29.2 Å². The van der Waals surface area contributed by atoms with Crippen LogP contribution in [0.2, 0.25) is 0 Å². The Morgan fingerprint density at radius 3 is 2.93 bits per heavy atom. The Labute approximate surface area is 169 Å². The molecule has 9 nitrogen and oxygen atoms in total. The highest BCUT2D eigenvalue weighted by Gasteiger charge is 2.23. The van der Waals surface area contributed by atoms with E-state index in [1.807, 2.05) is 25.1 Å². The van der Waals surface area contributed by atoms with Gasteiger partial charge < -0.3 is 15.8 Å². The fourth-order valence-corrected chi connectivity index (χ4v) is 4.28. The summed E-state index contributed by atoms with van der Waals surface area (Å²) in [5.74, 6) is -0.533. The lowest BCUT2D eigenvalue weighted by molar-refractivity contribution is -0.139. The zero-order valence-corrected chi connectivity index (χ0v) is 17.3. The first-order valence-corrected chi connectivity index (χ1v) is 10.4. The molecule has 3 N–H and O–H groups in total. The van der Waals surface area contributed by atoms with Gasteiger partial charge in [0, 0.05) is 0 Å². The lowest BCUT2D eigenvalue weighted by Gasteiger charge is -2.15. The predicted molar refractivity (Wildman–Crippen MR) is 109 cm³/mol. The number of aryl methyl sites for hydroxylation is 1. The maximum atomic E-state index is 12.7. The normalized spacial score (nSPS) is 12.1. The first-order valence-electron chi connectivity index (χ1n) is 8.56. The summed E-state index contributed by atoms with van der Waals surface area (Å²) >= 11 is 2.52. The van der Waals surface area contributed by atoms with Gasteiger partial charge in [0.1, 0.15) is 6.04 Å². The molecule has 0 radical (unpaired) electrons. The van der Waals surface area contributed by atoms with Crippen LogP contribution in [0.25, 0.3) is 10.2 Å². The summed E-state index contributed by atoms with van der Waals surface area (Å²) in [5.41, 5.74) is 7.84. The van der Waals surface area contributed by atoms with Crippen molar-refractivity contribution in [1.29, 1.82) is 0 Å². The molecule has 0 aliphatic heterocycles. The Bertz CT molecular complexity index is 1020. The molecule has 1 atom stereocenters. The highest BCUT2D eigenvalue weighted by atomic mass is 32.2. The van der Waals surface area contributed by atoms with E-state index < -0.39 is 6.04 Å². The number of nitrogens with one attached hydrogen (secondary N) is 1. The maximum Gasteiger partial charge on any atom is 0.316 e. The molecule has 3 aromatic rings. The molecule has 0 aliphatic rings. The minimum absolute atomic E-state index is 0.0531. The van der Waals surface area contributed by atoms with Gasteiger partial charge in [0.15, 0.2) is 10.3 Å². The zero-order valence-electron chi connectivity index (χ0n) is 15.6. The van der Waals surface area contributed by atoms with Gasteiger partial charge in [-0.2, -0.15) is 0 Å². The summed E-state index contributed by atoms with van der Waals surface area (Å²) in [7, 11) is 0. The first-order chi connectivity index (χ1) is 13.4. The van der Waals surface area contributed by atoms with Crippen molar-refractivity contribution in [3.8, 4) is 0 Å². The van der Waals surface area contributed by atoms with Crippen molar-refractivity contribution < 1.29 is 14.3 Å². The van der Waals surface area contributed by atoms with Crippen LogP contribution in [-0.4, -0.2) is 44.0 Å². The number of hydrogen-bond acceptors (Lipinski definition) is 9. The monoisotopic (exact) mass is 420 g/mol. The third kappa shape index (κ3) is 4.42. The number of nitrogens with two attached hydrogens (primary N) is 1. The molecule has 0 bridgehead atoms. The Morgan fingerprint density at radius 2 is 2.18 bits per heavy atom. The van der Waals surface area contributed by atoms with Crippen LogP contribution in [0.5, 0.6) is 0 Å². The highest BCUT2D eigenvalue weighted by molar-refractivity contribution is 7.99. The maximum absolute atomic E-state index is 12.7. The molecule has 2 heterocycles. The van der Waals surface area contributed by atoms with E-state index >= 15 is 0 Å². The number of benzene rings is 1. The third-order valence-corrected chi connectivity index (χ3v) is 5.71. The molecule has 148 valence electrons. The Morgan fingerprint density at radius 1 is 1.39 bits per heavy atom. The van der Waals surface area contributed by atoms with E-state index in [-0.39, 0.29) is 23.6 Å². The van der Waals surface area contributed by atoms with Gasteiger partial charge >= 0.3 is 5.97 Å². The minimum atomic E-state index is -0.687. The van der Waals surface area contributed by atoms with Gasteiger partial charge in [-0.25, -0.2) is 4.98 Å². The molecule has 1 amide bonds. The van der Waals surface area contributed by atoms with E-state index in [0.717, 1.165) is 27.5 Å². The van der Waals surface area contributed by atoms with Gasteiger partial charge in [-0.05, 0) is 38.5 Å². The van der Waals surface area contributed by atoms with Gasteiger partial charge in [0.25, 0.3) is 0 Å². The second-order valence-corrected chi connectivity index (χ2v) is 7.93. The minimum Gasteiger partial charge on any atom is -0.465 e. The van der Waals surface area contributed by atoms with Crippen molar-refractivity contribution in [3.63, 3.8) is 0 Å². The number of amides is 1. The predicted octanol–water partition coefficient (Wildman–Crippen LogP) is 2.63. The lowest BCUT2D eigenvalue weighted by atomic mass is 10.2. The molecular formula is C17H20N6O3S2. The molecule has 1 aromatic carbocycles. The molecule has 2 aromatic heterocycles. The average Bonchev–Trinajstić information content (AvgIpc) is 3.21. The van der Waals surface area contributed by atoms with Crippen LogP contribution in [0, 0.1) is 6.92 Å². The van der Waals surface area contributed by atoms with Crippen molar-refractivity contribution in [2.45, 2.75) is 32.0 Å². The van der Waals surface area contributed by atoms with E-state index in [9.17, 15) is 9.59 Å². The van der Waals surface area contributed by atoms with Crippen LogP contribution in [0.4, 0.5) is 11.1 Å². The molecule has 28 heavy (non-hydrogen) atoms.